The molecule has 0 bridgehead atoms. The lowest BCUT2D eigenvalue weighted by atomic mass is 10.1. The SMILES string of the molecule is C=CC=CC(=CCCl)N1SC(=O)N(CC2=CCCC(Cl)=C2)C1O. The van der Waals surface area contributed by atoms with Gasteiger partial charge in [-0.1, -0.05) is 36.4 Å². The lowest BCUT2D eigenvalue weighted by Gasteiger charge is -2.26. The maximum atomic E-state index is 12.2. The van der Waals surface area contributed by atoms with Crippen molar-refractivity contribution in [1.82, 2.24) is 9.21 Å². The maximum absolute atomic E-state index is 12.2. The number of halogens is 2. The second-order valence-corrected chi connectivity index (χ2v) is 6.66. The summed E-state index contributed by atoms with van der Waals surface area (Å²) in [6, 6.07) is 0. The van der Waals surface area contributed by atoms with Crippen molar-refractivity contribution in [2.45, 2.75) is 19.2 Å². The molecule has 1 atom stereocenters. The number of amides is 1. The average Bonchev–Trinajstić information content (AvgIpc) is 2.80. The van der Waals surface area contributed by atoms with Crippen molar-refractivity contribution < 1.29 is 9.90 Å². The molecule has 4 nitrogen and oxygen atoms in total. The highest BCUT2D eigenvalue weighted by molar-refractivity contribution is 8.11. The Morgan fingerprint density at radius 1 is 1.57 bits per heavy atom. The van der Waals surface area contributed by atoms with Crippen LogP contribution in [0.2, 0.25) is 0 Å². The van der Waals surface area contributed by atoms with Crippen LogP contribution < -0.4 is 0 Å². The fraction of sp³-hybridized carbons (Fsp3) is 0.312. The van der Waals surface area contributed by atoms with E-state index in [0.717, 1.165) is 35.4 Å². The van der Waals surface area contributed by atoms with E-state index in [4.69, 9.17) is 23.2 Å². The Bertz CT molecular complexity index is 599. The van der Waals surface area contributed by atoms with Gasteiger partial charge >= 0.3 is 5.24 Å². The zero-order valence-electron chi connectivity index (χ0n) is 12.5. The summed E-state index contributed by atoms with van der Waals surface area (Å²) in [7, 11) is 0. The molecular formula is C16H18Cl2N2O2S. The van der Waals surface area contributed by atoms with Crippen LogP contribution in [0.5, 0.6) is 0 Å². The second-order valence-electron chi connectivity index (χ2n) is 4.94. The van der Waals surface area contributed by atoms with Crippen molar-refractivity contribution in [2.24, 2.45) is 0 Å². The summed E-state index contributed by atoms with van der Waals surface area (Å²) in [5, 5.41) is 11.0. The van der Waals surface area contributed by atoms with E-state index in [0.29, 0.717) is 12.2 Å². The molecule has 1 aliphatic heterocycles. The fourth-order valence-electron chi connectivity index (χ4n) is 2.25. The number of carbonyl (C=O) groups is 1. The summed E-state index contributed by atoms with van der Waals surface area (Å²) in [4.78, 5) is 13.6. The van der Waals surface area contributed by atoms with Gasteiger partial charge in [0.05, 0.1) is 18.5 Å². The highest BCUT2D eigenvalue weighted by Gasteiger charge is 2.38. The molecule has 1 fully saturated rings. The van der Waals surface area contributed by atoms with Gasteiger partial charge < -0.3 is 5.11 Å². The third-order valence-electron chi connectivity index (χ3n) is 3.33. The summed E-state index contributed by atoms with van der Waals surface area (Å²) in [6.07, 6.45) is 11.3. The molecule has 7 heteroatoms. The van der Waals surface area contributed by atoms with Crippen molar-refractivity contribution in [3.05, 3.63) is 59.3 Å². The van der Waals surface area contributed by atoms with Gasteiger partial charge in [-0.15, -0.1) is 11.6 Å². The Balaban J connectivity index is 2.14. The van der Waals surface area contributed by atoms with Gasteiger partial charge in [0.2, 0.25) is 6.35 Å². The summed E-state index contributed by atoms with van der Waals surface area (Å²) in [5.74, 6) is 0.276. The number of rotatable bonds is 6. The molecule has 23 heavy (non-hydrogen) atoms. The first-order valence-corrected chi connectivity index (χ1v) is 8.81. The number of alkyl halides is 1. The molecule has 0 spiro atoms. The number of carbonyl (C=O) groups excluding carboxylic acids is 1. The Kier molecular flexibility index (Phi) is 6.84. The Morgan fingerprint density at radius 2 is 2.35 bits per heavy atom. The number of hydrogen-bond donors (Lipinski definition) is 1. The third-order valence-corrected chi connectivity index (χ3v) is 4.77. The van der Waals surface area contributed by atoms with Crippen LogP contribution >= 0.6 is 35.1 Å². The zero-order chi connectivity index (χ0) is 16.8. The average molecular weight is 373 g/mol. The van der Waals surface area contributed by atoms with E-state index in [9.17, 15) is 9.90 Å². The molecule has 1 heterocycles. The minimum atomic E-state index is -1.06. The van der Waals surface area contributed by atoms with Gasteiger partial charge in [0.25, 0.3) is 0 Å². The van der Waals surface area contributed by atoms with Crippen LogP contribution in [0, 0.1) is 0 Å². The molecule has 2 rings (SSSR count). The molecule has 1 N–H and O–H groups in total. The predicted octanol–water partition coefficient (Wildman–Crippen LogP) is 4.36. The standard InChI is InChI=1S/C16H18Cl2N2O2S/c1-2-3-7-14(8-9-17)20-15(21)19(16(22)23-20)11-12-5-4-6-13(18)10-12/h2-3,5,7-8,10,15,21H,1,4,6,9,11H2. The Labute approximate surface area is 150 Å². The molecule has 1 unspecified atom stereocenters. The Morgan fingerprint density at radius 3 is 3.00 bits per heavy atom. The van der Waals surface area contributed by atoms with E-state index in [1.807, 2.05) is 12.2 Å². The smallest absolute Gasteiger partial charge is 0.306 e. The van der Waals surface area contributed by atoms with Gasteiger partial charge in [-0.2, -0.15) is 0 Å². The second kappa shape index (κ2) is 8.64. The molecule has 0 radical (unpaired) electrons. The van der Waals surface area contributed by atoms with Crippen LogP contribution in [0.15, 0.2) is 59.3 Å². The monoisotopic (exact) mass is 372 g/mol. The predicted molar refractivity (Wildman–Crippen MR) is 96.9 cm³/mol. The van der Waals surface area contributed by atoms with Gasteiger partial charge in [0, 0.05) is 16.6 Å². The van der Waals surface area contributed by atoms with Crippen molar-refractivity contribution >= 4 is 40.4 Å². The molecular weight excluding hydrogens is 355 g/mol. The van der Waals surface area contributed by atoms with Gasteiger partial charge in [-0.25, -0.2) is 0 Å². The maximum Gasteiger partial charge on any atom is 0.306 e. The van der Waals surface area contributed by atoms with Gasteiger partial charge in [0.15, 0.2) is 0 Å². The van der Waals surface area contributed by atoms with Crippen LogP contribution in [0.1, 0.15) is 12.8 Å². The number of allylic oxidation sites excluding steroid dienone is 6. The van der Waals surface area contributed by atoms with E-state index >= 15 is 0 Å². The first-order chi connectivity index (χ1) is 11.1. The number of aliphatic hydroxyl groups is 1. The first kappa shape index (κ1) is 18.2. The van der Waals surface area contributed by atoms with E-state index in [1.54, 1.807) is 24.3 Å². The van der Waals surface area contributed by atoms with Crippen LogP contribution in [-0.4, -0.2) is 38.3 Å². The fourth-order valence-corrected chi connectivity index (χ4v) is 3.54. The van der Waals surface area contributed by atoms with Gasteiger partial charge in [-0.3, -0.25) is 14.0 Å². The molecule has 1 saturated heterocycles. The molecule has 0 saturated carbocycles. The van der Waals surface area contributed by atoms with E-state index in [-0.39, 0.29) is 11.1 Å². The minimum Gasteiger partial charge on any atom is -0.356 e. The summed E-state index contributed by atoms with van der Waals surface area (Å²) in [6.45, 7) is 3.93. The topological polar surface area (TPSA) is 43.8 Å². The minimum absolute atomic E-state index is 0.221. The molecule has 0 aromatic rings. The summed E-state index contributed by atoms with van der Waals surface area (Å²) < 4.78 is 1.53. The van der Waals surface area contributed by atoms with Crippen molar-refractivity contribution in [3.8, 4) is 0 Å². The quantitative estimate of drug-likeness (QED) is 0.427. The zero-order valence-corrected chi connectivity index (χ0v) is 14.8. The van der Waals surface area contributed by atoms with Gasteiger partial charge in [0.1, 0.15) is 0 Å². The lowest BCUT2D eigenvalue weighted by molar-refractivity contribution is -0.00764. The number of hydrogen-bond acceptors (Lipinski definition) is 4. The Hall–Kier alpha value is -1.14. The highest BCUT2D eigenvalue weighted by atomic mass is 35.5. The molecule has 0 aromatic carbocycles. The summed E-state index contributed by atoms with van der Waals surface area (Å²) in [5.41, 5.74) is 1.58. The largest absolute Gasteiger partial charge is 0.356 e. The molecule has 1 aliphatic carbocycles. The molecule has 1 amide bonds. The van der Waals surface area contributed by atoms with Crippen molar-refractivity contribution in [2.75, 3.05) is 12.4 Å². The van der Waals surface area contributed by atoms with Crippen LogP contribution in [0.3, 0.4) is 0 Å². The van der Waals surface area contributed by atoms with Crippen molar-refractivity contribution in [3.63, 3.8) is 0 Å². The highest BCUT2D eigenvalue weighted by Crippen LogP contribution is 2.34. The third kappa shape index (κ3) is 4.67. The summed E-state index contributed by atoms with van der Waals surface area (Å²) >= 11 is 12.8. The van der Waals surface area contributed by atoms with E-state index < -0.39 is 6.35 Å². The number of nitrogens with zero attached hydrogens (tertiary/aromatic N) is 2. The number of aliphatic hydroxyl groups excluding tert-OH is 1. The van der Waals surface area contributed by atoms with Crippen LogP contribution in [0.25, 0.3) is 0 Å². The van der Waals surface area contributed by atoms with Crippen LogP contribution in [-0.2, 0) is 0 Å². The normalized spacial score (nSPS) is 22.7. The van der Waals surface area contributed by atoms with E-state index in [2.05, 4.69) is 6.58 Å². The molecule has 2 aliphatic rings. The van der Waals surface area contributed by atoms with Crippen molar-refractivity contribution in [1.29, 1.82) is 0 Å². The van der Waals surface area contributed by atoms with E-state index in [1.165, 1.54) is 9.21 Å². The molecule has 124 valence electrons. The molecule has 0 aromatic heterocycles. The van der Waals surface area contributed by atoms with Gasteiger partial charge in [-0.05, 0) is 36.6 Å². The lowest BCUT2D eigenvalue weighted by Crippen LogP contribution is -2.39. The van der Waals surface area contributed by atoms with Crippen LogP contribution in [0.4, 0.5) is 4.79 Å². The first-order valence-electron chi connectivity index (χ1n) is 7.13.